The van der Waals surface area contributed by atoms with E-state index in [1.807, 2.05) is 30.3 Å². The predicted molar refractivity (Wildman–Crippen MR) is 97.8 cm³/mol. The van der Waals surface area contributed by atoms with Gasteiger partial charge in [-0.25, -0.2) is 9.59 Å². The second-order valence-electron chi connectivity index (χ2n) is 4.93. The molecule has 2 aromatic rings. The molecule has 8 nitrogen and oxygen atoms in total. The summed E-state index contributed by atoms with van der Waals surface area (Å²) in [5.74, 6) is -2.47. The van der Waals surface area contributed by atoms with Crippen molar-refractivity contribution in [2.45, 2.75) is 24.8 Å². The number of benzene rings is 2. The molecule has 0 spiro atoms. The minimum absolute atomic E-state index is 0.282. The fourth-order valence-electron chi connectivity index (χ4n) is 1.40. The number of aliphatic carboxylic acids is 1. The number of hydrogen-bond donors (Lipinski definition) is 4. The molecule has 26 heavy (non-hydrogen) atoms. The number of aromatic carboxylic acids is 1. The minimum Gasteiger partial charge on any atom is -0.479 e. The number of aliphatic hydroxyl groups is 1. The van der Waals surface area contributed by atoms with Gasteiger partial charge in [-0.3, -0.25) is 10.1 Å². The van der Waals surface area contributed by atoms with Crippen LogP contribution in [0.5, 0.6) is 0 Å². The van der Waals surface area contributed by atoms with Crippen molar-refractivity contribution in [3.8, 4) is 0 Å². The first kappa shape index (κ1) is 23.1. The summed E-state index contributed by atoms with van der Waals surface area (Å²) in [5, 5.41) is 34.8. The molecule has 0 heterocycles. The predicted octanol–water partition coefficient (Wildman–Crippen LogP) is 3.03. The number of rotatable bonds is 3. The van der Waals surface area contributed by atoms with Crippen molar-refractivity contribution >= 4 is 30.3 Å². The maximum atomic E-state index is 10.5. The van der Waals surface area contributed by atoms with Crippen LogP contribution in [-0.4, -0.2) is 38.3 Å². The van der Waals surface area contributed by atoms with Crippen LogP contribution in [-0.2, 0) is 4.79 Å². The van der Waals surface area contributed by atoms with Crippen LogP contribution in [0.2, 0.25) is 0 Å². The maximum Gasteiger partial charge on any atom is 0.342 e. The number of nitro groups is 1. The zero-order valence-electron chi connectivity index (χ0n) is 14.1. The number of carboxylic acid groups (broad SMARTS) is 2. The third-order valence-corrected chi connectivity index (χ3v) is 2.99. The van der Waals surface area contributed by atoms with E-state index in [-0.39, 0.29) is 11.3 Å². The molecule has 0 saturated carbocycles. The largest absolute Gasteiger partial charge is 0.479 e. The Labute approximate surface area is 155 Å². The quantitative estimate of drug-likeness (QED) is 0.364. The Bertz CT molecular complexity index is 748. The number of aliphatic hydroxyl groups excluding tert-OH is 1. The summed E-state index contributed by atoms with van der Waals surface area (Å²) >= 11 is 4.08. The fourth-order valence-corrected chi connectivity index (χ4v) is 1.57. The first-order chi connectivity index (χ1) is 12.1. The average Bonchev–Trinajstić information content (AvgIpc) is 2.56. The number of carboxylic acids is 2. The molecule has 0 aliphatic carbocycles. The van der Waals surface area contributed by atoms with E-state index in [0.717, 1.165) is 4.90 Å². The number of thiol groups is 1. The van der Waals surface area contributed by atoms with Gasteiger partial charge in [0, 0.05) is 11.0 Å². The summed E-state index contributed by atoms with van der Waals surface area (Å²) in [6.07, 6.45) is -1.23. The summed E-state index contributed by atoms with van der Waals surface area (Å²) in [6, 6.07) is 13.8. The molecule has 1 unspecified atom stereocenters. The Balaban J connectivity index is 0.000000405. The first-order valence-electron chi connectivity index (χ1n) is 7.19. The van der Waals surface area contributed by atoms with Crippen LogP contribution in [0.1, 0.15) is 22.8 Å². The molecule has 2 rings (SSSR count). The third kappa shape index (κ3) is 9.40. The van der Waals surface area contributed by atoms with E-state index in [1.165, 1.54) is 25.1 Å². The fraction of sp³-hybridized carbons (Fsp3) is 0.176. The van der Waals surface area contributed by atoms with Crippen molar-refractivity contribution < 1.29 is 29.8 Å². The molecule has 0 bridgehead atoms. The molecule has 1 atom stereocenters. The van der Waals surface area contributed by atoms with Gasteiger partial charge in [-0.05, 0) is 37.6 Å². The van der Waals surface area contributed by atoms with Crippen molar-refractivity contribution in [2.24, 2.45) is 0 Å². The monoisotopic (exact) mass is 381 g/mol. The molecule has 0 amide bonds. The lowest BCUT2D eigenvalue weighted by Crippen LogP contribution is -2.13. The van der Waals surface area contributed by atoms with Gasteiger partial charge in [0.2, 0.25) is 0 Å². The summed E-state index contributed by atoms with van der Waals surface area (Å²) in [4.78, 5) is 30.7. The molecular weight excluding hydrogens is 362 g/mol. The molecule has 2 aromatic carbocycles. The van der Waals surface area contributed by atoms with Crippen LogP contribution in [0.3, 0.4) is 0 Å². The van der Waals surface area contributed by atoms with Gasteiger partial charge in [0.25, 0.3) is 5.69 Å². The third-order valence-electron chi connectivity index (χ3n) is 2.69. The Morgan fingerprint density at radius 2 is 1.62 bits per heavy atom. The summed E-state index contributed by atoms with van der Waals surface area (Å²) < 4.78 is 0. The minimum atomic E-state index is -1.29. The van der Waals surface area contributed by atoms with Crippen LogP contribution in [0.15, 0.2) is 53.4 Å². The van der Waals surface area contributed by atoms with Crippen molar-refractivity contribution in [3.05, 3.63) is 69.8 Å². The van der Waals surface area contributed by atoms with Crippen LogP contribution < -0.4 is 0 Å². The molecule has 0 radical (unpaired) electrons. The lowest BCUT2D eigenvalue weighted by molar-refractivity contribution is -0.385. The van der Waals surface area contributed by atoms with Gasteiger partial charge in [0.15, 0.2) is 0 Å². The second kappa shape index (κ2) is 11.6. The van der Waals surface area contributed by atoms with Gasteiger partial charge in [-0.15, -0.1) is 12.6 Å². The van der Waals surface area contributed by atoms with Crippen LogP contribution in [0.4, 0.5) is 5.69 Å². The highest BCUT2D eigenvalue weighted by atomic mass is 32.1. The topological polar surface area (TPSA) is 138 Å². The number of aryl methyl sites for hydroxylation is 1. The van der Waals surface area contributed by atoms with Gasteiger partial charge in [0.05, 0.1) is 4.92 Å². The highest BCUT2D eigenvalue weighted by Gasteiger charge is 2.18. The Hall–Kier alpha value is -2.91. The number of nitro benzene ring substituents is 1. The van der Waals surface area contributed by atoms with Gasteiger partial charge in [-0.2, -0.15) is 0 Å². The molecule has 140 valence electrons. The first-order valence-corrected chi connectivity index (χ1v) is 7.64. The van der Waals surface area contributed by atoms with E-state index in [1.54, 1.807) is 6.92 Å². The van der Waals surface area contributed by atoms with Crippen LogP contribution in [0, 0.1) is 17.0 Å². The van der Waals surface area contributed by atoms with Crippen LogP contribution >= 0.6 is 12.6 Å². The molecule has 9 heteroatoms. The smallest absolute Gasteiger partial charge is 0.342 e. The lowest BCUT2D eigenvalue weighted by atomic mass is 10.1. The van der Waals surface area contributed by atoms with E-state index in [2.05, 4.69) is 12.6 Å². The second-order valence-corrected chi connectivity index (χ2v) is 5.45. The van der Waals surface area contributed by atoms with Crippen LogP contribution in [0.25, 0.3) is 0 Å². The summed E-state index contributed by atoms with van der Waals surface area (Å²) in [7, 11) is 0. The molecule has 3 N–H and O–H groups in total. The number of nitrogens with zero attached hydrogens (tertiary/aromatic N) is 1. The Morgan fingerprint density at radius 3 is 1.92 bits per heavy atom. The van der Waals surface area contributed by atoms with E-state index >= 15 is 0 Å². The number of hydrogen-bond acceptors (Lipinski definition) is 6. The van der Waals surface area contributed by atoms with Crippen molar-refractivity contribution in [3.63, 3.8) is 0 Å². The SMILES string of the molecule is CC(O)C(=O)O.Cc1ccc(C(=O)O)c([N+](=O)[O-])c1.Sc1ccccc1. The molecule has 0 saturated heterocycles. The highest BCUT2D eigenvalue weighted by molar-refractivity contribution is 7.80. The van der Waals surface area contributed by atoms with Gasteiger partial charge in [-0.1, -0.05) is 24.3 Å². The van der Waals surface area contributed by atoms with Crippen molar-refractivity contribution in [2.75, 3.05) is 0 Å². The average molecular weight is 381 g/mol. The van der Waals surface area contributed by atoms with Crippen molar-refractivity contribution in [1.29, 1.82) is 0 Å². The zero-order valence-corrected chi connectivity index (χ0v) is 15.0. The van der Waals surface area contributed by atoms with Gasteiger partial charge >= 0.3 is 11.9 Å². The van der Waals surface area contributed by atoms with E-state index in [0.29, 0.717) is 5.56 Å². The van der Waals surface area contributed by atoms with Crippen molar-refractivity contribution in [1.82, 2.24) is 0 Å². The molecule has 0 aliphatic rings. The van der Waals surface area contributed by atoms with Gasteiger partial charge < -0.3 is 15.3 Å². The standard InChI is InChI=1S/C8H7NO4.C6H6S.C3H6O3/c1-5-2-3-6(8(10)11)7(4-5)9(12)13;7-6-4-2-1-3-5-6;1-2(4)3(5)6/h2-4H,1H3,(H,10,11);1-5,7H;2,4H,1H3,(H,5,6). The summed E-state index contributed by atoms with van der Waals surface area (Å²) in [5.41, 5.74) is 0.0137. The van der Waals surface area contributed by atoms with E-state index < -0.39 is 23.0 Å². The lowest BCUT2D eigenvalue weighted by Gasteiger charge is -1.98. The zero-order chi connectivity index (χ0) is 20.3. The van der Waals surface area contributed by atoms with E-state index in [4.69, 9.17) is 15.3 Å². The Kier molecular flexibility index (Phi) is 10.3. The molecular formula is C17H19NO7S. The maximum absolute atomic E-state index is 10.5. The Morgan fingerprint density at radius 1 is 1.12 bits per heavy atom. The molecule has 0 aromatic heterocycles. The highest BCUT2D eigenvalue weighted by Crippen LogP contribution is 2.19. The molecule has 0 fully saturated rings. The van der Waals surface area contributed by atoms with Gasteiger partial charge in [0.1, 0.15) is 11.7 Å². The van der Waals surface area contributed by atoms with E-state index in [9.17, 15) is 19.7 Å². The summed E-state index contributed by atoms with van der Waals surface area (Å²) in [6.45, 7) is 2.86. The normalized spacial score (nSPS) is 10.3. The molecule has 0 aliphatic heterocycles. The number of carbonyl (C=O) groups is 2.